The fraction of sp³-hybridized carbons (Fsp3) is 0.571. The van der Waals surface area contributed by atoms with Gasteiger partial charge in [0.15, 0.2) is 11.8 Å². The van der Waals surface area contributed by atoms with Crippen molar-refractivity contribution in [2.45, 2.75) is 51.6 Å². The van der Waals surface area contributed by atoms with Gasteiger partial charge in [0.05, 0.1) is 0 Å². The van der Waals surface area contributed by atoms with E-state index in [9.17, 15) is 0 Å². The molecule has 0 unspecified atom stereocenters. The molecule has 1 aliphatic carbocycles. The first-order chi connectivity index (χ1) is 13.2. The largest absolute Gasteiger partial charge is 0.353 e. The van der Waals surface area contributed by atoms with Gasteiger partial charge in [-0.3, -0.25) is 0 Å². The van der Waals surface area contributed by atoms with Gasteiger partial charge in [-0.2, -0.15) is 0 Å². The van der Waals surface area contributed by atoms with Crippen LogP contribution in [0.1, 0.15) is 42.9 Å². The molecular weight excluding hydrogens is 336 g/mol. The van der Waals surface area contributed by atoms with E-state index in [0.717, 1.165) is 36.6 Å². The Morgan fingerprint density at radius 2 is 1.85 bits per heavy atom. The lowest BCUT2D eigenvalue weighted by Gasteiger charge is -2.34. The van der Waals surface area contributed by atoms with Crippen LogP contribution >= 0.6 is 0 Å². The highest BCUT2D eigenvalue weighted by molar-refractivity contribution is 5.80. The highest BCUT2D eigenvalue weighted by atomic mass is 15.3. The topological polar surface area (TPSA) is 58.3 Å². The van der Waals surface area contributed by atoms with Crippen LogP contribution in [-0.2, 0) is 20.0 Å². The number of aliphatic imine (C=N–C) groups is 1. The molecule has 1 aromatic carbocycles. The third-order valence-corrected chi connectivity index (χ3v) is 5.74. The molecule has 1 N–H and O–H groups in total. The van der Waals surface area contributed by atoms with Crippen LogP contribution in [-0.4, -0.2) is 44.8 Å². The third kappa shape index (κ3) is 4.67. The van der Waals surface area contributed by atoms with Gasteiger partial charge in [-0.15, -0.1) is 10.2 Å². The van der Waals surface area contributed by atoms with Gasteiger partial charge in [0, 0.05) is 26.2 Å². The SMILES string of the molecule is Cc1nnc(CN=C(NC2CC2)N2CCC(Cc3ccccc3)CC2)n1C. The molecule has 2 aromatic rings. The summed E-state index contributed by atoms with van der Waals surface area (Å²) in [4.78, 5) is 7.32. The number of hydrogen-bond acceptors (Lipinski definition) is 3. The first-order valence-corrected chi connectivity index (χ1v) is 10.1. The van der Waals surface area contributed by atoms with Gasteiger partial charge in [-0.1, -0.05) is 30.3 Å². The summed E-state index contributed by atoms with van der Waals surface area (Å²) in [5, 5.41) is 12.0. The number of rotatable bonds is 5. The van der Waals surface area contributed by atoms with Crippen molar-refractivity contribution in [3.05, 3.63) is 47.5 Å². The Morgan fingerprint density at radius 3 is 2.48 bits per heavy atom. The van der Waals surface area contributed by atoms with Crippen LogP contribution in [0.3, 0.4) is 0 Å². The number of piperidine rings is 1. The van der Waals surface area contributed by atoms with Crippen LogP contribution in [0.25, 0.3) is 0 Å². The molecule has 6 nitrogen and oxygen atoms in total. The molecule has 2 fully saturated rings. The third-order valence-electron chi connectivity index (χ3n) is 5.74. The molecular formula is C21H30N6. The standard InChI is InChI=1S/C21H30N6/c1-16-24-25-20(26(16)2)15-22-21(23-19-8-9-19)27-12-10-18(11-13-27)14-17-6-4-3-5-7-17/h3-7,18-19H,8-15H2,1-2H3,(H,22,23). The van der Waals surface area contributed by atoms with Gasteiger partial charge < -0.3 is 14.8 Å². The molecule has 0 amide bonds. The predicted molar refractivity (Wildman–Crippen MR) is 107 cm³/mol. The smallest absolute Gasteiger partial charge is 0.194 e. The van der Waals surface area contributed by atoms with Gasteiger partial charge >= 0.3 is 0 Å². The maximum absolute atomic E-state index is 4.89. The molecule has 1 saturated carbocycles. The van der Waals surface area contributed by atoms with Crippen molar-refractivity contribution in [1.82, 2.24) is 25.0 Å². The molecule has 0 spiro atoms. The highest BCUT2D eigenvalue weighted by Gasteiger charge is 2.27. The van der Waals surface area contributed by atoms with E-state index in [1.807, 2.05) is 18.5 Å². The number of nitrogens with one attached hydrogen (secondary N) is 1. The number of hydrogen-bond donors (Lipinski definition) is 1. The number of aromatic nitrogens is 3. The van der Waals surface area contributed by atoms with Crippen molar-refractivity contribution >= 4 is 5.96 Å². The summed E-state index contributed by atoms with van der Waals surface area (Å²) in [6.07, 6.45) is 6.15. The Morgan fingerprint density at radius 1 is 1.11 bits per heavy atom. The monoisotopic (exact) mass is 366 g/mol. The van der Waals surface area contributed by atoms with Gasteiger partial charge in [0.1, 0.15) is 12.4 Å². The van der Waals surface area contributed by atoms with Crippen LogP contribution in [0.2, 0.25) is 0 Å². The average Bonchev–Trinajstić information content (AvgIpc) is 3.46. The maximum atomic E-state index is 4.89. The van der Waals surface area contributed by atoms with Gasteiger partial charge in [0.25, 0.3) is 0 Å². The first kappa shape index (κ1) is 18.0. The van der Waals surface area contributed by atoms with E-state index in [-0.39, 0.29) is 0 Å². The number of nitrogens with zero attached hydrogens (tertiary/aromatic N) is 5. The Bertz CT molecular complexity index is 769. The first-order valence-electron chi connectivity index (χ1n) is 10.1. The van der Waals surface area contributed by atoms with Crippen LogP contribution < -0.4 is 5.32 Å². The predicted octanol–water partition coefficient (Wildman–Crippen LogP) is 2.69. The van der Waals surface area contributed by atoms with Crippen molar-refractivity contribution in [2.75, 3.05) is 13.1 Å². The van der Waals surface area contributed by atoms with E-state index in [4.69, 9.17) is 4.99 Å². The second-order valence-corrected chi connectivity index (χ2v) is 7.90. The Labute approximate surface area is 161 Å². The van der Waals surface area contributed by atoms with E-state index >= 15 is 0 Å². The number of likely N-dealkylation sites (tertiary alicyclic amines) is 1. The molecule has 1 aromatic heterocycles. The normalized spacial score (nSPS) is 18.7. The van der Waals surface area contributed by atoms with E-state index in [0.29, 0.717) is 12.6 Å². The molecule has 1 saturated heterocycles. The van der Waals surface area contributed by atoms with Crippen LogP contribution in [0, 0.1) is 12.8 Å². The maximum Gasteiger partial charge on any atom is 0.194 e. The summed E-state index contributed by atoms with van der Waals surface area (Å²) in [7, 11) is 2.00. The Kier molecular flexibility index (Phi) is 5.41. The minimum atomic E-state index is 0.580. The average molecular weight is 367 g/mol. The Balaban J connectivity index is 1.36. The molecule has 2 aliphatic rings. The minimum absolute atomic E-state index is 0.580. The lowest BCUT2D eigenvalue weighted by atomic mass is 9.90. The number of aryl methyl sites for hydroxylation is 1. The van der Waals surface area contributed by atoms with E-state index < -0.39 is 0 Å². The summed E-state index contributed by atoms with van der Waals surface area (Å²) in [6, 6.07) is 11.5. The minimum Gasteiger partial charge on any atom is -0.353 e. The van der Waals surface area contributed by atoms with Crippen molar-refractivity contribution in [1.29, 1.82) is 0 Å². The van der Waals surface area contributed by atoms with Crippen LogP contribution in [0.4, 0.5) is 0 Å². The van der Waals surface area contributed by atoms with E-state index in [1.54, 1.807) is 0 Å². The van der Waals surface area contributed by atoms with Gasteiger partial charge in [-0.25, -0.2) is 4.99 Å². The summed E-state index contributed by atoms with van der Waals surface area (Å²) in [5.41, 5.74) is 1.46. The fourth-order valence-corrected chi connectivity index (χ4v) is 3.68. The quantitative estimate of drug-likeness (QED) is 0.653. The molecule has 6 heteroatoms. The number of guanidine groups is 1. The zero-order chi connectivity index (χ0) is 18.6. The van der Waals surface area contributed by atoms with E-state index in [1.165, 1.54) is 37.7 Å². The highest BCUT2D eigenvalue weighted by Crippen LogP contribution is 2.23. The molecule has 0 radical (unpaired) electrons. The summed E-state index contributed by atoms with van der Waals surface area (Å²) < 4.78 is 2.02. The van der Waals surface area contributed by atoms with Crippen LogP contribution in [0.15, 0.2) is 35.3 Å². The molecule has 144 valence electrons. The van der Waals surface area contributed by atoms with Crippen molar-refractivity contribution < 1.29 is 0 Å². The Hall–Kier alpha value is -2.37. The lowest BCUT2D eigenvalue weighted by Crippen LogP contribution is -2.46. The summed E-state index contributed by atoms with van der Waals surface area (Å²) >= 11 is 0. The zero-order valence-electron chi connectivity index (χ0n) is 16.4. The zero-order valence-corrected chi connectivity index (χ0v) is 16.4. The second kappa shape index (κ2) is 8.11. The van der Waals surface area contributed by atoms with Crippen molar-refractivity contribution in [2.24, 2.45) is 18.0 Å². The summed E-state index contributed by atoms with van der Waals surface area (Å²) in [6.45, 7) is 4.71. The van der Waals surface area contributed by atoms with Gasteiger partial charge in [0.2, 0.25) is 0 Å². The molecule has 27 heavy (non-hydrogen) atoms. The molecule has 4 rings (SSSR count). The molecule has 1 aliphatic heterocycles. The van der Waals surface area contributed by atoms with Crippen LogP contribution in [0.5, 0.6) is 0 Å². The fourth-order valence-electron chi connectivity index (χ4n) is 3.68. The molecule has 0 bridgehead atoms. The van der Waals surface area contributed by atoms with Crippen molar-refractivity contribution in [3.8, 4) is 0 Å². The number of benzene rings is 1. The molecule has 0 atom stereocenters. The second-order valence-electron chi connectivity index (χ2n) is 7.90. The lowest BCUT2D eigenvalue weighted by molar-refractivity contribution is 0.258. The van der Waals surface area contributed by atoms with Gasteiger partial charge in [-0.05, 0) is 50.5 Å². The summed E-state index contributed by atoms with van der Waals surface area (Å²) in [5.74, 6) is 3.67. The van der Waals surface area contributed by atoms with E-state index in [2.05, 4.69) is 50.7 Å². The van der Waals surface area contributed by atoms with Crippen molar-refractivity contribution in [3.63, 3.8) is 0 Å². The molecule has 2 heterocycles.